The summed E-state index contributed by atoms with van der Waals surface area (Å²) in [6.07, 6.45) is 0. The molecule has 1 aromatic carbocycles. The van der Waals surface area contributed by atoms with Crippen molar-refractivity contribution in [2.45, 2.75) is 38.1 Å². The fourth-order valence-electron chi connectivity index (χ4n) is 1.59. The van der Waals surface area contributed by atoms with E-state index in [1.54, 1.807) is 39.8 Å². The van der Waals surface area contributed by atoms with Crippen molar-refractivity contribution in [1.82, 2.24) is 4.72 Å². The van der Waals surface area contributed by atoms with Crippen LogP contribution in [0.1, 0.15) is 36.7 Å². The third kappa shape index (κ3) is 5.11. The summed E-state index contributed by atoms with van der Waals surface area (Å²) in [4.78, 5) is 11.7. The van der Waals surface area contributed by atoms with Crippen LogP contribution in [0.3, 0.4) is 0 Å². The first kappa shape index (κ1) is 17.6. The zero-order valence-corrected chi connectivity index (χ0v) is 13.6. The van der Waals surface area contributed by atoms with Gasteiger partial charge in [-0.15, -0.1) is 0 Å². The van der Waals surface area contributed by atoms with Gasteiger partial charge in [-0.05, 0) is 45.4 Å². The van der Waals surface area contributed by atoms with Crippen LogP contribution >= 0.6 is 0 Å². The van der Waals surface area contributed by atoms with Crippen LogP contribution in [-0.2, 0) is 14.8 Å². The Kier molecular flexibility index (Phi) is 5.49. The minimum Gasteiger partial charge on any atom is -0.462 e. The maximum Gasteiger partial charge on any atom is 0.338 e. The molecular formula is C14H22N2O4S. The molecule has 0 fully saturated rings. The average Bonchev–Trinajstić information content (AvgIpc) is 2.36. The number of nitrogens with one attached hydrogen (secondary N) is 1. The highest BCUT2D eigenvalue weighted by Crippen LogP contribution is 2.18. The zero-order valence-electron chi connectivity index (χ0n) is 12.8. The van der Waals surface area contributed by atoms with Gasteiger partial charge in [0.1, 0.15) is 0 Å². The van der Waals surface area contributed by atoms with Crippen LogP contribution in [0.15, 0.2) is 23.1 Å². The number of carbonyl (C=O) groups excluding carboxylic acids is 1. The zero-order chi connectivity index (χ0) is 16.3. The summed E-state index contributed by atoms with van der Waals surface area (Å²) >= 11 is 0. The van der Waals surface area contributed by atoms with Gasteiger partial charge in [0.15, 0.2) is 0 Å². The van der Waals surface area contributed by atoms with E-state index in [4.69, 9.17) is 10.5 Å². The quantitative estimate of drug-likeness (QED) is 0.768. The van der Waals surface area contributed by atoms with Gasteiger partial charge in [0, 0.05) is 12.1 Å². The molecule has 0 bridgehead atoms. The van der Waals surface area contributed by atoms with Crippen molar-refractivity contribution in [3.63, 3.8) is 0 Å². The maximum atomic E-state index is 12.3. The molecule has 0 aromatic heterocycles. The molecule has 0 aliphatic carbocycles. The molecule has 0 heterocycles. The standard InChI is InChI=1S/C14H22N2O4S/c1-5-20-13(17)11-7-6-10(2)12(8-11)21(18,19)16-9-14(3,4)15/h6-8,16H,5,9,15H2,1-4H3. The number of ether oxygens (including phenoxy) is 1. The molecule has 0 aliphatic heterocycles. The van der Waals surface area contributed by atoms with Gasteiger partial charge in [-0.1, -0.05) is 6.07 Å². The molecule has 0 saturated heterocycles. The van der Waals surface area contributed by atoms with E-state index in [0.717, 1.165) is 0 Å². The normalized spacial score (nSPS) is 12.2. The van der Waals surface area contributed by atoms with Gasteiger partial charge in [0.05, 0.1) is 17.1 Å². The van der Waals surface area contributed by atoms with Crippen molar-refractivity contribution in [1.29, 1.82) is 0 Å². The molecule has 0 saturated carbocycles. The molecule has 118 valence electrons. The second kappa shape index (κ2) is 6.55. The fourth-order valence-corrected chi connectivity index (χ4v) is 3.08. The number of esters is 1. The van der Waals surface area contributed by atoms with E-state index in [-0.39, 0.29) is 23.6 Å². The summed E-state index contributed by atoms with van der Waals surface area (Å²) in [6, 6.07) is 4.44. The predicted molar refractivity (Wildman–Crippen MR) is 80.6 cm³/mol. The average molecular weight is 314 g/mol. The highest BCUT2D eigenvalue weighted by molar-refractivity contribution is 7.89. The van der Waals surface area contributed by atoms with E-state index in [1.165, 1.54) is 6.07 Å². The monoisotopic (exact) mass is 314 g/mol. The number of nitrogens with two attached hydrogens (primary N) is 1. The number of hydrogen-bond donors (Lipinski definition) is 2. The summed E-state index contributed by atoms with van der Waals surface area (Å²) in [5.74, 6) is -0.548. The van der Waals surface area contributed by atoms with Gasteiger partial charge < -0.3 is 10.5 Å². The molecular weight excluding hydrogens is 292 g/mol. The molecule has 1 aromatic rings. The highest BCUT2D eigenvalue weighted by Gasteiger charge is 2.22. The van der Waals surface area contributed by atoms with Crippen LogP contribution < -0.4 is 10.5 Å². The van der Waals surface area contributed by atoms with Crippen molar-refractivity contribution in [3.8, 4) is 0 Å². The minimum atomic E-state index is -3.73. The molecule has 0 unspecified atom stereocenters. The Bertz CT molecular complexity index is 618. The summed E-state index contributed by atoms with van der Waals surface area (Å²) in [6.45, 7) is 7.12. The second-order valence-electron chi connectivity index (χ2n) is 5.51. The van der Waals surface area contributed by atoms with Gasteiger partial charge in [-0.3, -0.25) is 0 Å². The maximum absolute atomic E-state index is 12.3. The third-order valence-corrected chi connectivity index (χ3v) is 4.25. The van der Waals surface area contributed by atoms with Crippen molar-refractivity contribution in [2.24, 2.45) is 5.73 Å². The van der Waals surface area contributed by atoms with E-state index in [9.17, 15) is 13.2 Å². The van der Waals surface area contributed by atoms with Gasteiger partial charge in [0.2, 0.25) is 10.0 Å². The lowest BCUT2D eigenvalue weighted by Crippen LogP contribution is -2.45. The first-order chi connectivity index (χ1) is 9.57. The Labute approximate surface area is 125 Å². The lowest BCUT2D eigenvalue weighted by Gasteiger charge is -2.19. The molecule has 0 atom stereocenters. The van der Waals surface area contributed by atoms with E-state index in [1.807, 2.05) is 0 Å². The second-order valence-corrected chi connectivity index (χ2v) is 7.25. The Morgan fingerprint density at radius 1 is 1.38 bits per heavy atom. The lowest BCUT2D eigenvalue weighted by atomic mass is 10.1. The molecule has 6 nitrogen and oxygen atoms in total. The molecule has 0 radical (unpaired) electrons. The summed E-state index contributed by atoms with van der Waals surface area (Å²) in [5, 5.41) is 0. The summed E-state index contributed by atoms with van der Waals surface area (Å²) < 4.78 is 32.0. The topological polar surface area (TPSA) is 98.5 Å². The number of aryl methyl sites for hydroxylation is 1. The van der Waals surface area contributed by atoms with Crippen LogP contribution in [0, 0.1) is 6.92 Å². The van der Waals surface area contributed by atoms with Crippen LogP contribution in [0.25, 0.3) is 0 Å². The molecule has 21 heavy (non-hydrogen) atoms. The van der Waals surface area contributed by atoms with Crippen molar-refractivity contribution in [3.05, 3.63) is 29.3 Å². The number of benzene rings is 1. The predicted octanol–water partition coefficient (Wildman–Crippen LogP) is 1.19. The molecule has 0 aliphatic rings. The number of rotatable bonds is 6. The molecule has 0 amide bonds. The largest absolute Gasteiger partial charge is 0.462 e. The Hall–Kier alpha value is -1.44. The lowest BCUT2D eigenvalue weighted by molar-refractivity contribution is 0.0526. The first-order valence-corrected chi connectivity index (χ1v) is 8.11. The molecule has 0 spiro atoms. The number of sulfonamides is 1. The molecule has 1 rings (SSSR count). The van der Waals surface area contributed by atoms with Gasteiger partial charge in [-0.2, -0.15) is 0 Å². The van der Waals surface area contributed by atoms with Crippen LogP contribution in [0.5, 0.6) is 0 Å². The highest BCUT2D eigenvalue weighted by atomic mass is 32.2. The van der Waals surface area contributed by atoms with E-state index in [0.29, 0.717) is 5.56 Å². The SMILES string of the molecule is CCOC(=O)c1ccc(C)c(S(=O)(=O)NCC(C)(C)N)c1. The van der Waals surface area contributed by atoms with Crippen LogP contribution in [0.4, 0.5) is 0 Å². The Balaban J connectivity index is 3.11. The van der Waals surface area contributed by atoms with Crippen LogP contribution in [0.2, 0.25) is 0 Å². The van der Waals surface area contributed by atoms with Gasteiger partial charge in [0.25, 0.3) is 0 Å². The summed E-state index contributed by atoms with van der Waals surface area (Å²) in [7, 11) is -3.73. The first-order valence-electron chi connectivity index (χ1n) is 6.63. The Morgan fingerprint density at radius 3 is 2.52 bits per heavy atom. The summed E-state index contributed by atoms with van der Waals surface area (Å²) in [5.41, 5.74) is 5.86. The van der Waals surface area contributed by atoms with Gasteiger partial charge in [-0.25, -0.2) is 17.9 Å². The van der Waals surface area contributed by atoms with E-state index < -0.39 is 21.5 Å². The number of hydrogen-bond acceptors (Lipinski definition) is 5. The molecule has 7 heteroatoms. The smallest absolute Gasteiger partial charge is 0.338 e. The van der Waals surface area contributed by atoms with E-state index >= 15 is 0 Å². The fraction of sp³-hybridized carbons (Fsp3) is 0.500. The van der Waals surface area contributed by atoms with Crippen molar-refractivity contribution < 1.29 is 17.9 Å². The van der Waals surface area contributed by atoms with Crippen molar-refractivity contribution in [2.75, 3.05) is 13.2 Å². The van der Waals surface area contributed by atoms with Crippen molar-refractivity contribution >= 4 is 16.0 Å². The van der Waals surface area contributed by atoms with Gasteiger partial charge >= 0.3 is 5.97 Å². The third-order valence-electron chi connectivity index (χ3n) is 2.71. The molecule has 3 N–H and O–H groups in total. The van der Waals surface area contributed by atoms with Crippen LogP contribution in [-0.4, -0.2) is 33.1 Å². The Morgan fingerprint density at radius 2 is 2.00 bits per heavy atom. The number of carbonyl (C=O) groups is 1. The minimum absolute atomic E-state index is 0.0531. The van der Waals surface area contributed by atoms with E-state index in [2.05, 4.69) is 4.72 Å².